The fourth-order valence-corrected chi connectivity index (χ4v) is 2.17. The Hall–Kier alpha value is -1.13. The van der Waals surface area contributed by atoms with Crippen LogP contribution in [0.15, 0.2) is 30.3 Å². The molecule has 3 nitrogen and oxygen atoms in total. The quantitative estimate of drug-likeness (QED) is 0.531. The summed E-state index contributed by atoms with van der Waals surface area (Å²) in [6, 6.07) is 9.94. The third-order valence-electron chi connectivity index (χ3n) is 2.93. The van der Waals surface area contributed by atoms with Crippen molar-refractivity contribution < 1.29 is 4.74 Å². The van der Waals surface area contributed by atoms with E-state index in [1.54, 1.807) is 0 Å². The van der Waals surface area contributed by atoms with Crippen LogP contribution in [0, 0.1) is 5.92 Å². The number of nitrogens with two attached hydrogens (primary N) is 1. The fourth-order valence-electron chi connectivity index (χ4n) is 2.07. The zero-order chi connectivity index (χ0) is 14.8. The molecule has 0 aliphatic heterocycles. The van der Waals surface area contributed by atoms with Crippen LogP contribution in [0.5, 0.6) is 5.75 Å². The maximum atomic E-state index is 5.71. The number of hydrogen-bond acceptors (Lipinski definition) is 3. The molecule has 0 heterocycles. The van der Waals surface area contributed by atoms with Gasteiger partial charge in [-0.2, -0.15) is 0 Å². The van der Waals surface area contributed by atoms with Crippen LogP contribution in [0.1, 0.15) is 26.7 Å². The van der Waals surface area contributed by atoms with Crippen molar-refractivity contribution in [3.8, 4) is 5.75 Å². The molecule has 0 atom stereocenters. The maximum absolute atomic E-state index is 5.71. The van der Waals surface area contributed by atoms with Gasteiger partial charge in [-0.1, -0.05) is 44.3 Å². The summed E-state index contributed by atoms with van der Waals surface area (Å²) in [5.74, 6) is 1.59. The van der Waals surface area contributed by atoms with Crippen molar-refractivity contribution in [2.45, 2.75) is 26.7 Å². The van der Waals surface area contributed by atoms with Gasteiger partial charge in [-0.25, -0.2) is 0 Å². The molecule has 0 unspecified atom stereocenters. The van der Waals surface area contributed by atoms with Gasteiger partial charge in [0, 0.05) is 26.1 Å². The zero-order valence-electron chi connectivity index (χ0n) is 12.5. The van der Waals surface area contributed by atoms with Crippen molar-refractivity contribution in [1.29, 1.82) is 0 Å². The monoisotopic (exact) mass is 294 g/mol. The smallest absolute Gasteiger partial charge is 0.119 e. The van der Waals surface area contributed by atoms with Crippen molar-refractivity contribution in [3.63, 3.8) is 0 Å². The maximum Gasteiger partial charge on any atom is 0.119 e. The average Bonchev–Trinajstić information content (AvgIpc) is 2.41. The molecule has 112 valence electrons. The Labute approximate surface area is 128 Å². The van der Waals surface area contributed by atoms with E-state index in [4.69, 9.17) is 22.7 Å². The number of nitrogens with zero attached hydrogens (tertiary/aromatic N) is 1. The Balaban J connectivity index is 2.25. The molecule has 0 spiro atoms. The molecule has 0 aliphatic carbocycles. The highest BCUT2D eigenvalue weighted by Gasteiger charge is 2.07. The highest BCUT2D eigenvalue weighted by Crippen LogP contribution is 2.09. The van der Waals surface area contributed by atoms with E-state index >= 15 is 0 Å². The summed E-state index contributed by atoms with van der Waals surface area (Å²) in [6.45, 7) is 8.24. The summed E-state index contributed by atoms with van der Waals surface area (Å²) < 4.78 is 5.71. The van der Waals surface area contributed by atoms with Crippen LogP contribution in [0.4, 0.5) is 0 Å². The molecule has 0 saturated heterocycles. The first-order valence-corrected chi connectivity index (χ1v) is 7.67. The molecule has 0 bridgehead atoms. The number of benzene rings is 1. The van der Waals surface area contributed by atoms with E-state index in [0.717, 1.165) is 44.8 Å². The lowest BCUT2D eigenvalue weighted by atomic mass is 10.2. The van der Waals surface area contributed by atoms with E-state index in [9.17, 15) is 0 Å². The van der Waals surface area contributed by atoms with Gasteiger partial charge in [0.05, 0.1) is 11.6 Å². The van der Waals surface area contributed by atoms with Crippen molar-refractivity contribution in [1.82, 2.24) is 4.90 Å². The van der Waals surface area contributed by atoms with Crippen LogP contribution in [0.3, 0.4) is 0 Å². The van der Waals surface area contributed by atoms with E-state index in [-0.39, 0.29) is 0 Å². The van der Waals surface area contributed by atoms with Gasteiger partial charge in [0.25, 0.3) is 0 Å². The van der Waals surface area contributed by atoms with Gasteiger partial charge in [0.15, 0.2) is 0 Å². The molecule has 20 heavy (non-hydrogen) atoms. The standard InChI is InChI=1S/C16H26N2OS/c1-14(2)13-18(11-9-16(17)20)10-6-12-19-15-7-4-3-5-8-15/h3-5,7-8,14H,6,9-13H2,1-2H3,(H2,17,20). The van der Waals surface area contributed by atoms with Gasteiger partial charge < -0.3 is 15.4 Å². The lowest BCUT2D eigenvalue weighted by Gasteiger charge is -2.24. The minimum Gasteiger partial charge on any atom is -0.494 e. The first-order chi connectivity index (χ1) is 9.58. The molecule has 4 heteroatoms. The highest BCUT2D eigenvalue weighted by atomic mass is 32.1. The van der Waals surface area contributed by atoms with Crippen molar-refractivity contribution in [2.75, 3.05) is 26.2 Å². The Kier molecular flexibility index (Phi) is 8.23. The second-order valence-electron chi connectivity index (χ2n) is 5.43. The first-order valence-electron chi connectivity index (χ1n) is 7.26. The van der Waals surface area contributed by atoms with Crippen LogP contribution in [-0.4, -0.2) is 36.1 Å². The van der Waals surface area contributed by atoms with Crippen molar-refractivity contribution in [3.05, 3.63) is 30.3 Å². The van der Waals surface area contributed by atoms with Crippen molar-refractivity contribution >= 4 is 17.2 Å². The molecule has 0 fully saturated rings. The van der Waals surface area contributed by atoms with E-state index in [1.165, 1.54) is 0 Å². The van der Waals surface area contributed by atoms with Gasteiger partial charge in [0.1, 0.15) is 5.75 Å². The number of thiocarbonyl (C=S) groups is 1. The van der Waals surface area contributed by atoms with E-state index < -0.39 is 0 Å². The third kappa shape index (κ3) is 8.12. The number of hydrogen-bond donors (Lipinski definition) is 1. The predicted octanol–water partition coefficient (Wildman–Crippen LogP) is 3.09. The fraction of sp³-hybridized carbons (Fsp3) is 0.562. The minimum absolute atomic E-state index is 0.597. The van der Waals surface area contributed by atoms with Crippen molar-refractivity contribution in [2.24, 2.45) is 11.7 Å². The second-order valence-corrected chi connectivity index (χ2v) is 5.95. The molecule has 0 radical (unpaired) electrons. The third-order valence-corrected chi connectivity index (χ3v) is 3.13. The number of rotatable bonds is 10. The molecule has 1 aromatic carbocycles. The molecular formula is C16H26N2OS. The lowest BCUT2D eigenvalue weighted by molar-refractivity contribution is 0.220. The Morgan fingerprint density at radius 2 is 1.95 bits per heavy atom. The van der Waals surface area contributed by atoms with Crippen LogP contribution in [-0.2, 0) is 0 Å². The molecule has 0 amide bonds. The Morgan fingerprint density at radius 3 is 2.55 bits per heavy atom. The topological polar surface area (TPSA) is 38.5 Å². The summed E-state index contributed by atoms with van der Waals surface area (Å²) in [5.41, 5.74) is 5.58. The lowest BCUT2D eigenvalue weighted by Crippen LogP contribution is -2.32. The van der Waals surface area contributed by atoms with Gasteiger partial charge in [0.2, 0.25) is 0 Å². The summed E-state index contributed by atoms with van der Waals surface area (Å²) in [5, 5.41) is 0. The Bertz CT molecular complexity index is 381. The Morgan fingerprint density at radius 1 is 1.25 bits per heavy atom. The van der Waals surface area contributed by atoms with Crippen LogP contribution in [0.25, 0.3) is 0 Å². The van der Waals surface area contributed by atoms with Crippen LogP contribution < -0.4 is 10.5 Å². The van der Waals surface area contributed by atoms with E-state index in [1.807, 2.05) is 30.3 Å². The van der Waals surface area contributed by atoms with Gasteiger partial charge in [-0.3, -0.25) is 0 Å². The summed E-state index contributed by atoms with van der Waals surface area (Å²) >= 11 is 4.95. The summed E-state index contributed by atoms with van der Waals surface area (Å²) in [6.07, 6.45) is 1.81. The van der Waals surface area contributed by atoms with Gasteiger partial charge in [-0.05, 0) is 24.5 Å². The van der Waals surface area contributed by atoms with Crippen LogP contribution in [0.2, 0.25) is 0 Å². The minimum atomic E-state index is 0.597. The molecule has 0 aromatic heterocycles. The van der Waals surface area contributed by atoms with Gasteiger partial charge >= 0.3 is 0 Å². The largest absolute Gasteiger partial charge is 0.494 e. The second kappa shape index (κ2) is 9.72. The summed E-state index contributed by atoms with van der Waals surface area (Å²) in [7, 11) is 0. The van der Waals surface area contributed by atoms with E-state index in [0.29, 0.717) is 10.9 Å². The molecule has 1 aromatic rings. The zero-order valence-corrected chi connectivity index (χ0v) is 13.4. The molecule has 0 aliphatic rings. The summed E-state index contributed by atoms with van der Waals surface area (Å²) in [4.78, 5) is 3.01. The molecular weight excluding hydrogens is 268 g/mol. The van der Waals surface area contributed by atoms with E-state index in [2.05, 4.69) is 18.7 Å². The first kappa shape index (κ1) is 16.9. The average molecular weight is 294 g/mol. The van der Waals surface area contributed by atoms with Crippen LogP contribution >= 0.6 is 12.2 Å². The van der Waals surface area contributed by atoms with Gasteiger partial charge in [-0.15, -0.1) is 0 Å². The highest BCUT2D eigenvalue weighted by molar-refractivity contribution is 7.80. The molecule has 0 saturated carbocycles. The normalized spacial score (nSPS) is 11.0. The number of para-hydroxylation sites is 1. The SMILES string of the molecule is CC(C)CN(CCCOc1ccccc1)CCC(N)=S. The molecule has 2 N–H and O–H groups in total. The molecule has 1 rings (SSSR count). The number of ether oxygens (including phenoxy) is 1. The predicted molar refractivity (Wildman–Crippen MR) is 89.2 cm³/mol.